The number of nitrogens with one attached hydrogen (secondary N) is 1. The van der Waals surface area contributed by atoms with Gasteiger partial charge in [-0.15, -0.1) is 0 Å². The first-order valence-electron chi connectivity index (χ1n) is 6.45. The average molecular weight is 197 g/mol. The van der Waals surface area contributed by atoms with Crippen LogP contribution in [0.25, 0.3) is 0 Å². The van der Waals surface area contributed by atoms with Crippen molar-refractivity contribution in [3.05, 3.63) is 0 Å². The van der Waals surface area contributed by atoms with Gasteiger partial charge in [0.1, 0.15) is 0 Å². The van der Waals surface area contributed by atoms with Crippen LogP contribution in [0, 0.1) is 5.92 Å². The number of rotatable bonds is 5. The van der Waals surface area contributed by atoms with E-state index in [0.717, 1.165) is 5.92 Å². The van der Waals surface area contributed by atoms with E-state index in [1.807, 2.05) is 0 Å². The Labute approximate surface area is 89.7 Å². The third-order valence-electron chi connectivity index (χ3n) is 4.10. The molecular weight excluding hydrogens is 170 g/mol. The summed E-state index contributed by atoms with van der Waals surface area (Å²) < 4.78 is 0. The van der Waals surface area contributed by atoms with Crippen molar-refractivity contribution in [1.82, 2.24) is 5.32 Å². The summed E-state index contributed by atoms with van der Waals surface area (Å²) in [5.74, 6) is 0.959. The maximum Gasteiger partial charge on any atom is 0.0148 e. The highest BCUT2D eigenvalue weighted by Gasteiger charge is 2.21. The third-order valence-corrected chi connectivity index (χ3v) is 4.10. The predicted octanol–water partition coefficient (Wildman–Crippen LogP) is 3.74. The number of hydrogen-bond donors (Lipinski definition) is 1. The van der Waals surface area contributed by atoms with Gasteiger partial charge in [0.25, 0.3) is 0 Å². The van der Waals surface area contributed by atoms with E-state index in [-0.39, 0.29) is 0 Å². The van der Waals surface area contributed by atoms with Crippen molar-refractivity contribution in [2.24, 2.45) is 5.92 Å². The van der Waals surface area contributed by atoms with Gasteiger partial charge in [-0.3, -0.25) is 0 Å². The van der Waals surface area contributed by atoms with E-state index < -0.39 is 0 Å². The summed E-state index contributed by atoms with van der Waals surface area (Å²) >= 11 is 0. The first-order chi connectivity index (χ1) is 6.70. The molecule has 1 rings (SSSR count). The summed E-state index contributed by atoms with van der Waals surface area (Å²) in [6.45, 7) is 8.18. The van der Waals surface area contributed by atoms with E-state index in [1.165, 1.54) is 51.5 Å². The van der Waals surface area contributed by atoms with E-state index in [1.54, 1.807) is 0 Å². The molecule has 0 radical (unpaired) electrons. The Balaban J connectivity index is 2.23. The van der Waals surface area contributed by atoms with E-state index in [0.29, 0.717) is 5.54 Å². The van der Waals surface area contributed by atoms with Crippen LogP contribution in [0.1, 0.15) is 65.7 Å². The Kier molecular flexibility index (Phi) is 4.94. The first-order valence-corrected chi connectivity index (χ1v) is 6.45. The van der Waals surface area contributed by atoms with Crippen molar-refractivity contribution in [2.75, 3.05) is 6.54 Å². The van der Waals surface area contributed by atoms with Gasteiger partial charge in [-0.25, -0.2) is 0 Å². The van der Waals surface area contributed by atoms with Crippen molar-refractivity contribution in [3.8, 4) is 0 Å². The Morgan fingerprint density at radius 2 is 1.64 bits per heavy atom. The zero-order valence-electron chi connectivity index (χ0n) is 10.2. The van der Waals surface area contributed by atoms with Crippen molar-refractivity contribution in [1.29, 1.82) is 0 Å². The minimum Gasteiger partial charge on any atom is -0.311 e. The molecule has 0 amide bonds. The largest absolute Gasteiger partial charge is 0.311 e. The molecule has 0 spiro atoms. The molecule has 1 saturated carbocycles. The molecule has 0 aromatic carbocycles. The van der Waals surface area contributed by atoms with E-state index >= 15 is 0 Å². The van der Waals surface area contributed by atoms with Gasteiger partial charge in [0.2, 0.25) is 0 Å². The highest BCUT2D eigenvalue weighted by Crippen LogP contribution is 2.24. The molecule has 1 N–H and O–H groups in total. The maximum atomic E-state index is 3.77. The van der Waals surface area contributed by atoms with Gasteiger partial charge in [0.05, 0.1) is 0 Å². The van der Waals surface area contributed by atoms with Crippen LogP contribution in [0.2, 0.25) is 0 Å². The predicted molar refractivity (Wildman–Crippen MR) is 63.6 cm³/mol. The molecule has 0 unspecified atom stereocenters. The van der Waals surface area contributed by atoms with E-state index in [9.17, 15) is 0 Å². The summed E-state index contributed by atoms with van der Waals surface area (Å²) in [4.78, 5) is 0. The lowest BCUT2D eigenvalue weighted by molar-refractivity contribution is 0.269. The Morgan fingerprint density at radius 3 is 2.14 bits per heavy atom. The first kappa shape index (κ1) is 12.0. The monoisotopic (exact) mass is 197 g/mol. The molecule has 0 aliphatic heterocycles. The van der Waals surface area contributed by atoms with Gasteiger partial charge in [-0.1, -0.05) is 33.1 Å². The van der Waals surface area contributed by atoms with Gasteiger partial charge in [-0.2, -0.15) is 0 Å². The minimum absolute atomic E-state index is 0.386. The molecule has 1 fully saturated rings. The van der Waals surface area contributed by atoms with Gasteiger partial charge in [0.15, 0.2) is 0 Å². The lowest BCUT2D eigenvalue weighted by Crippen LogP contribution is -2.43. The molecule has 0 bridgehead atoms. The zero-order chi connectivity index (χ0) is 10.4. The van der Waals surface area contributed by atoms with Crippen LogP contribution in [0.3, 0.4) is 0 Å². The second kappa shape index (κ2) is 5.75. The van der Waals surface area contributed by atoms with Crippen LogP contribution in [-0.2, 0) is 0 Å². The molecule has 14 heavy (non-hydrogen) atoms. The summed E-state index contributed by atoms with van der Waals surface area (Å²) in [7, 11) is 0. The molecule has 1 aliphatic rings. The molecule has 1 aliphatic carbocycles. The zero-order valence-corrected chi connectivity index (χ0v) is 10.2. The standard InChI is InChI=1S/C13H27N/c1-4-13(3,5-2)14-11-12-9-7-6-8-10-12/h12,14H,4-11H2,1-3H3. The average Bonchev–Trinajstić information content (AvgIpc) is 2.27. The fourth-order valence-electron chi connectivity index (χ4n) is 2.28. The molecule has 0 saturated heterocycles. The molecule has 0 atom stereocenters. The van der Waals surface area contributed by atoms with Crippen molar-refractivity contribution < 1.29 is 0 Å². The lowest BCUT2D eigenvalue weighted by atomic mass is 9.87. The summed E-state index contributed by atoms with van der Waals surface area (Å²) in [6, 6.07) is 0. The smallest absolute Gasteiger partial charge is 0.0148 e. The number of hydrogen-bond acceptors (Lipinski definition) is 1. The quantitative estimate of drug-likeness (QED) is 0.708. The van der Waals surface area contributed by atoms with Gasteiger partial charge in [-0.05, 0) is 45.1 Å². The molecule has 1 nitrogen and oxygen atoms in total. The highest BCUT2D eigenvalue weighted by molar-refractivity contribution is 4.81. The normalized spacial score (nSPS) is 19.9. The van der Waals surface area contributed by atoms with E-state index in [4.69, 9.17) is 0 Å². The summed E-state index contributed by atoms with van der Waals surface area (Å²) in [6.07, 6.45) is 9.79. The Morgan fingerprint density at radius 1 is 1.07 bits per heavy atom. The summed E-state index contributed by atoms with van der Waals surface area (Å²) in [5, 5.41) is 3.77. The second-order valence-corrected chi connectivity index (χ2v) is 5.15. The molecule has 1 heteroatoms. The van der Waals surface area contributed by atoms with Crippen LogP contribution in [-0.4, -0.2) is 12.1 Å². The van der Waals surface area contributed by atoms with Crippen molar-refractivity contribution in [2.45, 2.75) is 71.3 Å². The fraction of sp³-hybridized carbons (Fsp3) is 1.00. The van der Waals surface area contributed by atoms with Crippen LogP contribution in [0.4, 0.5) is 0 Å². The van der Waals surface area contributed by atoms with Gasteiger partial charge >= 0.3 is 0 Å². The highest BCUT2D eigenvalue weighted by atomic mass is 15.0. The molecule has 0 aromatic rings. The van der Waals surface area contributed by atoms with Crippen LogP contribution >= 0.6 is 0 Å². The molecular formula is C13H27N. The van der Waals surface area contributed by atoms with Crippen LogP contribution < -0.4 is 5.32 Å². The molecule has 84 valence electrons. The molecule has 0 heterocycles. The Bertz CT molecular complexity index is 143. The fourth-order valence-corrected chi connectivity index (χ4v) is 2.28. The minimum atomic E-state index is 0.386. The van der Waals surface area contributed by atoms with Gasteiger partial charge < -0.3 is 5.32 Å². The van der Waals surface area contributed by atoms with Crippen molar-refractivity contribution in [3.63, 3.8) is 0 Å². The third kappa shape index (κ3) is 3.61. The summed E-state index contributed by atoms with van der Waals surface area (Å²) in [5.41, 5.74) is 0.386. The van der Waals surface area contributed by atoms with Crippen molar-refractivity contribution >= 4 is 0 Å². The maximum absolute atomic E-state index is 3.77. The molecule has 0 aromatic heterocycles. The second-order valence-electron chi connectivity index (χ2n) is 5.15. The Hall–Kier alpha value is -0.0400. The van der Waals surface area contributed by atoms with Crippen LogP contribution in [0.15, 0.2) is 0 Å². The SMILES string of the molecule is CCC(C)(CC)NCC1CCCCC1. The van der Waals surface area contributed by atoms with Gasteiger partial charge in [0, 0.05) is 5.54 Å². The lowest BCUT2D eigenvalue weighted by Gasteiger charge is -2.32. The van der Waals surface area contributed by atoms with E-state index in [2.05, 4.69) is 26.1 Å². The van der Waals surface area contributed by atoms with Crippen LogP contribution in [0.5, 0.6) is 0 Å². The topological polar surface area (TPSA) is 12.0 Å².